The molecule has 0 unspecified atom stereocenters. The van der Waals surface area contributed by atoms with Crippen molar-refractivity contribution in [2.24, 2.45) is 0 Å². The van der Waals surface area contributed by atoms with Crippen molar-refractivity contribution in [3.63, 3.8) is 0 Å². The molecule has 11 aromatic rings. The van der Waals surface area contributed by atoms with Crippen LogP contribution in [0, 0.1) is 0 Å². The van der Waals surface area contributed by atoms with Crippen molar-refractivity contribution < 1.29 is 0 Å². The van der Waals surface area contributed by atoms with E-state index in [0.29, 0.717) is 0 Å². The van der Waals surface area contributed by atoms with Gasteiger partial charge in [-0.25, -0.2) is 0 Å². The highest BCUT2D eigenvalue weighted by Crippen LogP contribution is 2.46. The minimum Gasteiger partial charge on any atom is -0.310 e. The van der Waals surface area contributed by atoms with Crippen molar-refractivity contribution in [2.45, 2.75) is 0 Å². The van der Waals surface area contributed by atoms with Gasteiger partial charge in [-0.15, -0.1) is 0 Å². The number of rotatable bonds is 7. The second kappa shape index (κ2) is 14.1. The zero-order valence-electron chi connectivity index (χ0n) is 31.8. The Morgan fingerprint density at radius 3 is 1.60 bits per heavy atom. The smallest absolute Gasteiger partial charge is 0.0562 e. The second-order valence-corrected chi connectivity index (χ2v) is 14.9. The van der Waals surface area contributed by atoms with Gasteiger partial charge < -0.3 is 9.47 Å². The molecule has 0 aliphatic rings. The van der Waals surface area contributed by atoms with E-state index in [1.807, 2.05) is 0 Å². The Labute approximate surface area is 338 Å². The fourth-order valence-corrected chi connectivity index (χ4v) is 8.95. The Kier molecular flexibility index (Phi) is 8.19. The number of benzene rings is 10. The average molecular weight is 739 g/mol. The summed E-state index contributed by atoms with van der Waals surface area (Å²) < 4.78 is 2.46. The summed E-state index contributed by atoms with van der Waals surface area (Å²) in [6.07, 6.45) is 0. The third-order valence-corrected chi connectivity index (χ3v) is 11.6. The predicted molar refractivity (Wildman–Crippen MR) is 247 cm³/mol. The van der Waals surface area contributed by atoms with Gasteiger partial charge >= 0.3 is 0 Å². The molecule has 0 N–H and O–H groups in total. The molecule has 2 heteroatoms. The monoisotopic (exact) mass is 738 g/mol. The van der Waals surface area contributed by atoms with Crippen LogP contribution in [0.3, 0.4) is 0 Å². The Morgan fingerprint density at radius 1 is 0.293 bits per heavy atom. The van der Waals surface area contributed by atoms with E-state index >= 15 is 0 Å². The highest BCUT2D eigenvalue weighted by Gasteiger charge is 2.22. The van der Waals surface area contributed by atoms with Crippen molar-refractivity contribution in [2.75, 3.05) is 4.90 Å². The number of hydrogen-bond donors (Lipinski definition) is 0. The van der Waals surface area contributed by atoms with Crippen molar-refractivity contribution in [3.8, 4) is 39.1 Å². The molecule has 58 heavy (non-hydrogen) atoms. The van der Waals surface area contributed by atoms with Crippen molar-refractivity contribution in [1.29, 1.82) is 0 Å². The lowest BCUT2D eigenvalue weighted by molar-refractivity contribution is 1.18. The topological polar surface area (TPSA) is 8.17 Å². The number of aromatic nitrogens is 1. The average Bonchev–Trinajstić information content (AvgIpc) is 3.63. The Bertz CT molecular complexity index is 3290. The van der Waals surface area contributed by atoms with Gasteiger partial charge in [0.15, 0.2) is 0 Å². The van der Waals surface area contributed by atoms with Crippen LogP contribution < -0.4 is 4.90 Å². The molecular formula is C56H38N2. The van der Waals surface area contributed by atoms with Crippen LogP contribution >= 0.6 is 0 Å². The first-order valence-electron chi connectivity index (χ1n) is 19.9. The lowest BCUT2D eigenvalue weighted by atomic mass is 9.94. The molecule has 1 aromatic heterocycles. The van der Waals surface area contributed by atoms with Gasteiger partial charge in [-0.1, -0.05) is 188 Å². The molecule has 10 aromatic carbocycles. The molecule has 0 spiro atoms. The van der Waals surface area contributed by atoms with E-state index in [1.54, 1.807) is 0 Å². The summed E-state index contributed by atoms with van der Waals surface area (Å²) in [6, 6.07) is 83.8. The maximum absolute atomic E-state index is 2.47. The minimum atomic E-state index is 1.09. The maximum Gasteiger partial charge on any atom is 0.0562 e. The highest BCUT2D eigenvalue weighted by molar-refractivity contribution is 6.16. The first-order valence-corrected chi connectivity index (χ1v) is 19.9. The fraction of sp³-hybridized carbons (Fsp3) is 0. The van der Waals surface area contributed by atoms with Crippen molar-refractivity contribution in [3.05, 3.63) is 231 Å². The van der Waals surface area contributed by atoms with Gasteiger partial charge in [0.25, 0.3) is 0 Å². The summed E-state index contributed by atoms with van der Waals surface area (Å²) in [5.41, 5.74) is 14.0. The van der Waals surface area contributed by atoms with E-state index in [4.69, 9.17) is 0 Å². The Balaban J connectivity index is 1.19. The van der Waals surface area contributed by atoms with E-state index in [1.165, 1.54) is 71.2 Å². The van der Waals surface area contributed by atoms with E-state index in [2.05, 4.69) is 240 Å². The molecule has 272 valence electrons. The molecule has 0 atom stereocenters. The second-order valence-electron chi connectivity index (χ2n) is 14.9. The SMILES string of the molecule is c1ccc(-c2ccccc2-c2cccc(N(c3ccc4c5ccccc5n(-c5ccccc5-c5ccccc5)c4c3)c3cc4ccccc4c4ccccc34)c2)cc1. The summed E-state index contributed by atoms with van der Waals surface area (Å²) in [6.45, 7) is 0. The van der Waals surface area contributed by atoms with Gasteiger partial charge in [0.2, 0.25) is 0 Å². The summed E-state index contributed by atoms with van der Waals surface area (Å²) in [5.74, 6) is 0. The Hall–Kier alpha value is -7.68. The zero-order valence-corrected chi connectivity index (χ0v) is 31.8. The Morgan fingerprint density at radius 2 is 0.828 bits per heavy atom. The number of hydrogen-bond acceptors (Lipinski definition) is 1. The standard InChI is InChI=1S/C56H38N2/c1-3-18-39(19-4-1)45-25-9-10-26-46(45)41-23-17-24-43(36-41)57(55-37-42-22-7-8-27-47(42)49-29-11-12-30-50(49)55)44-34-35-52-51-31-14-16-33-54(51)58(56(52)38-44)53-32-15-13-28-48(53)40-20-5-2-6-21-40/h1-38H. The quantitative estimate of drug-likeness (QED) is 0.148. The first kappa shape index (κ1) is 33.6. The normalized spacial score (nSPS) is 11.4. The minimum absolute atomic E-state index is 1.09. The van der Waals surface area contributed by atoms with E-state index in [-0.39, 0.29) is 0 Å². The van der Waals surface area contributed by atoms with E-state index < -0.39 is 0 Å². The van der Waals surface area contributed by atoms with Crippen molar-refractivity contribution in [1.82, 2.24) is 4.57 Å². The van der Waals surface area contributed by atoms with Crippen molar-refractivity contribution >= 4 is 60.4 Å². The molecule has 11 rings (SSSR count). The van der Waals surface area contributed by atoms with Gasteiger partial charge in [0.1, 0.15) is 0 Å². The third kappa shape index (κ3) is 5.66. The van der Waals surface area contributed by atoms with Crippen LogP contribution in [0.2, 0.25) is 0 Å². The molecule has 0 aliphatic carbocycles. The number of nitrogens with zero attached hydrogens (tertiary/aromatic N) is 2. The van der Waals surface area contributed by atoms with Gasteiger partial charge in [-0.3, -0.25) is 0 Å². The predicted octanol–water partition coefficient (Wildman–Crippen LogP) is 15.6. The van der Waals surface area contributed by atoms with E-state index in [0.717, 1.165) is 28.3 Å². The van der Waals surface area contributed by atoms with Crippen LogP contribution in [0.5, 0.6) is 0 Å². The fourth-order valence-electron chi connectivity index (χ4n) is 8.95. The molecule has 1 heterocycles. The summed E-state index contributed by atoms with van der Waals surface area (Å²) in [4.78, 5) is 2.47. The van der Waals surface area contributed by atoms with Crippen LogP contribution in [0.25, 0.3) is 82.4 Å². The largest absolute Gasteiger partial charge is 0.310 e. The molecular weight excluding hydrogens is 701 g/mol. The summed E-state index contributed by atoms with van der Waals surface area (Å²) in [7, 11) is 0. The highest BCUT2D eigenvalue weighted by atomic mass is 15.1. The number of para-hydroxylation sites is 2. The van der Waals surface area contributed by atoms with Gasteiger partial charge in [-0.05, 0) is 86.4 Å². The zero-order chi connectivity index (χ0) is 38.4. The number of anilines is 3. The molecule has 0 radical (unpaired) electrons. The lowest BCUT2D eigenvalue weighted by Gasteiger charge is -2.28. The molecule has 0 saturated carbocycles. The molecule has 0 amide bonds. The maximum atomic E-state index is 2.47. The molecule has 0 fully saturated rings. The van der Waals surface area contributed by atoms with Gasteiger partial charge in [0.05, 0.1) is 22.4 Å². The van der Waals surface area contributed by atoms with Crippen LogP contribution in [0.15, 0.2) is 231 Å². The van der Waals surface area contributed by atoms with Gasteiger partial charge in [-0.2, -0.15) is 0 Å². The molecule has 0 saturated heterocycles. The lowest BCUT2D eigenvalue weighted by Crippen LogP contribution is -2.11. The van der Waals surface area contributed by atoms with Crippen LogP contribution in [-0.4, -0.2) is 4.57 Å². The van der Waals surface area contributed by atoms with E-state index in [9.17, 15) is 0 Å². The van der Waals surface area contributed by atoms with Crippen LogP contribution in [0.1, 0.15) is 0 Å². The third-order valence-electron chi connectivity index (χ3n) is 11.6. The van der Waals surface area contributed by atoms with Crippen LogP contribution in [-0.2, 0) is 0 Å². The summed E-state index contributed by atoms with van der Waals surface area (Å²) in [5, 5.41) is 7.34. The summed E-state index contributed by atoms with van der Waals surface area (Å²) >= 11 is 0. The number of fused-ring (bicyclic) bond motifs is 6. The molecule has 0 aliphatic heterocycles. The molecule has 2 nitrogen and oxygen atoms in total. The van der Waals surface area contributed by atoms with Gasteiger partial charge in [0, 0.05) is 33.1 Å². The first-order chi connectivity index (χ1) is 28.8. The van der Waals surface area contributed by atoms with Crippen LogP contribution in [0.4, 0.5) is 17.1 Å². The molecule has 0 bridgehead atoms.